The van der Waals surface area contributed by atoms with Crippen molar-refractivity contribution in [1.82, 2.24) is 10.3 Å². The van der Waals surface area contributed by atoms with E-state index >= 15 is 0 Å². The molecule has 4 nitrogen and oxygen atoms in total. The molecule has 2 N–H and O–H groups in total. The van der Waals surface area contributed by atoms with E-state index in [1.165, 1.54) is 6.42 Å². The SMILES string of the molecule is O=C(Nc1ccnc(Cl)c1)NC1CCC1. The monoisotopic (exact) mass is 225 g/mol. The summed E-state index contributed by atoms with van der Waals surface area (Å²) in [7, 11) is 0. The molecule has 0 saturated heterocycles. The lowest BCUT2D eigenvalue weighted by Crippen LogP contribution is -2.41. The number of urea groups is 1. The van der Waals surface area contributed by atoms with Crippen LogP contribution in [-0.4, -0.2) is 17.1 Å². The molecule has 0 spiro atoms. The van der Waals surface area contributed by atoms with Gasteiger partial charge in [0.2, 0.25) is 0 Å². The van der Waals surface area contributed by atoms with Crippen molar-refractivity contribution in [2.45, 2.75) is 25.3 Å². The largest absolute Gasteiger partial charge is 0.335 e. The number of pyridine rings is 1. The highest BCUT2D eigenvalue weighted by atomic mass is 35.5. The normalized spacial score (nSPS) is 15.5. The molecule has 1 fully saturated rings. The second kappa shape index (κ2) is 4.49. The van der Waals surface area contributed by atoms with E-state index in [0.717, 1.165) is 12.8 Å². The fourth-order valence-corrected chi connectivity index (χ4v) is 1.56. The van der Waals surface area contributed by atoms with Crippen LogP contribution in [0.3, 0.4) is 0 Å². The Labute approximate surface area is 93.0 Å². The van der Waals surface area contributed by atoms with E-state index in [2.05, 4.69) is 15.6 Å². The van der Waals surface area contributed by atoms with Crippen molar-refractivity contribution in [2.24, 2.45) is 0 Å². The number of anilines is 1. The number of nitrogens with zero attached hydrogens (tertiary/aromatic N) is 1. The van der Waals surface area contributed by atoms with Gasteiger partial charge < -0.3 is 10.6 Å². The van der Waals surface area contributed by atoms with E-state index in [0.29, 0.717) is 16.9 Å². The van der Waals surface area contributed by atoms with Gasteiger partial charge in [-0.3, -0.25) is 0 Å². The lowest BCUT2D eigenvalue weighted by Gasteiger charge is -2.26. The quantitative estimate of drug-likeness (QED) is 0.760. The Morgan fingerprint density at radius 2 is 2.33 bits per heavy atom. The maximum absolute atomic E-state index is 11.4. The van der Waals surface area contributed by atoms with Crippen molar-refractivity contribution in [3.63, 3.8) is 0 Å². The number of aromatic nitrogens is 1. The first-order valence-corrected chi connectivity index (χ1v) is 5.31. The van der Waals surface area contributed by atoms with Gasteiger partial charge in [0, 0.05) is 17.9 Å². The molecule has 0 aliphatic heterocycles. The molecule has 1 aromatic rings. The standard InChI is InChI=1S/C10H12ClN3O/c11-9-6-8(4-5-12-9)14-10(15)13-7-2-1-3-7/h4-7H,1-3H2,(H2,12,13,14,15). The first-order valence-electron chi connectivity index (χ1n) is 4.93. The number of hydrogen-bond donors (Lipinski definition) is 2. The fourth-order valence-electron chi connectivity index (χ4n) is 1.39. The first kappa shape index (κ1) is 10.2. The third-order valence-electron chi connectivity index (χ3n) is 2.42. The number of amides is 2. The molecule has 0 bridgehead atoms. The van der Waals surface area contributed by atoms with Gasteiger partial charge in [-0.1, -0.05) is 11.6 Å². The summed E-state index contributed by atoms with van der Waals surface area (Å²) in [5.41, 5.74) is 0.659. The minimum absolute atomic E-state index is 0.179. The summed E-state index contributed by atoms with van der Waals surface area (Å²) in [6.45, 7) is 0. The third kappa shape index (κ3) is 2.83. The summed E-state index contributed by atoms with van der Waals surface area (Å²) in [6.07, 6.45) is 4.91. The molecular weight excluding hydrogens is 214 g/mol. The maximum Gasteiger partial charge on any atom is 0.319 e. The Balaban J connectivity index is 1.87. The van der Waals surface area contributed by atoms with E-state index in [9.17, 15) is 4.79 Å². The summed E-state index contributed by atoms with van der Waals surface area (Å²) in [4.78, 5) is 15.3. The molecule has 2 rings (SSSR count). The van der Waals surface area contributed by atoms with Gasteiger partial charge in [0.05, 0.1) is 0 Å². The Morgan fingerprint density at radius 1 is 1.53 bits per heavy atom. The first-order chi connectivity index (χ1) is 7.24. The highest BCUT2D eigenvalue weighted by Crippen LogP contribution is 2.18. The second-order valence-electron chi connectivity index (χ2n) is 3.59. The van der Waals surface area contributed by atoms with E-state index in [-0.39, 0.29) is 6.03 Å². The zero-order valence-corrected chi connectivity index (χ0v) is 8.92. The van der Waals surface area contributed by atoms with Gasteiger partial charge in [0.15, 0.2) is 0 Å². The second-order valence-corrected chi connectivity index (χ2v) is 3.98. The van der Waals surface area contributed by atoms with Crippen LogP contribution in [0.25, 0.3) is 0 Å². The van der Waals surface area contributed by atoms with Gasteiger partial charge in [-0.2, -0.15) is 0 Å². The van der Waals surface area contributed by atoms with Crippen LogP contribution in [0.1, 0.15) is 19.3 Å². The molecule has 1 aliphatic carbocycles. The summed E-state index contributed by atoms with van der Waals surface area (Å²) >= 11 is 5.69. The number of nitrogens with one attached hydrogen (secondary N) is 2. The van der Waals surface area contributed by atoms with Crippen LogP contribution in [0.5, 0.6) is 0 Å². The number of halogens is 1. The topological polar surface area (TPSA) is 54.0 Å². The highest BCUT2D eigenvalue weighted by molar-refractivity contribution is 6.29. The minimum Gasteiger partial charge on any atom is -0.335 e. The average Bonchev–Trinajstić information content (AvgIpc) is 2.11. The molecule has 0 unspecified atom stereocenters. The molecule has 2 amide bonds. The van der Waals surface area contributed by atoms with Gasteiger partial charge in [0.1, 0.15) is 5.15 Å². The predicted molar refractivity (Wildman–Crippen MR) is 59.0 cm³/mol. The smallest absolute Gasteiger partial charge is 0.319 e. The van der Waals surface area contributed by atoms with Gasteiger partial charge in [-0.15, -0.1) is 0 Å². The zero-order valence-electron chi connectivity index (χ0n) is 8.16. The van der Waals surface area contributed by atoms with Crippen LogP contribution >= 0.6 is 11.6 Å². The molecule has 0 atom stereocenters. The minimum atomic E-state index is -0.179. The molecule has 0 aromatic carbocycles. The Morgan fingerprint density at radius 3 is 2.93 bits per heavy atom. The molecule has 15 heavy (non-hydrogen) atoms. The van der Waals surface area contributed by atoms with Crippen LogP contribution in [-0.2, 0) is 0 Å². The van der Waals surface area contributed by atoms with Crippen molar-refractivity contribution in [2.75, 3.05) is 5.32 Å². The van der Waals surface area contributed by atoms with Gasteiger partial charge in [-0.05, 0) is 31.4 Å². The maximum atomic E-state index is 11.4. The number of hydrogen-bond acceptors (Lipinski definition) is 2. The summed E-state index contributed by atoms with van der Waals surface area (Å²) < 4.78 is 0. The van der Waals surface area contributed by atoms with Crippen LogP contribution < -0.4 is 10.6 Å². The molecule has 1 heterocycles. The van der Waals surface area contributed by atoms with Crippen molar-refractivity contribution in [3.8, 4) is 0 Å². The number of carbonyl (C=O) groups is 1. The number of carbonyl (C=O) groups excluding carboxylic acids is 1. The molecular formula is C10H12ClN3O. The molecule has 1 aromatic heterocycles. The fraction of sp³-hybridized carbons (Fsp3) is 0.400. The Hall–Kier alpha value is -1.29. The zero-order chi connectivity index (χ0) is 10.7. The van der Waals surface area contributed by atoms with Crippen molar-refractivity contribution in [3.05, 3.63) is 23.5 Å². The number of rotatable bonds is 2. The summed E-state index contributed by atoms with van der Waals surface area (Å²) in [5, 5.41) is 5.95. The highest BCUT2D eigenvalue weighted by Gasteiger charge is 2.19. The van der Waals surface area contributed by atoms with E-state index < -0.39 is 0 Å². The van der Waals surface area contributed by atoms with Crippen LogP contribution in [0.15, 0.2) is 18.3 Å². The summed E-state index contributed by atoms with van der Waals surface area (Å²) in [6, 6.07) is 3.47. The van der Waals surface area contributed by atoms with Gasteiger partial charge in [-0.25, -0.2) is 9.78 Å². The lowest BCUT2D eigenvalue weighted by atomic mass is 9.93. The summed E-state index contributed by atoms with van der Waals surface area (Å²) in [5.74, 6) is 0. The van der Waals surface area contributed by atoms with Gasteiger partial charge in [0.25, 0.3) is 0 Å². The van der Waals surface area contributed by atoms with Crippen LogP contribution in [0.4, 0.5) is 10.5 Å². The van der Waals surface area contributed by atoms with Crippen molar-refractivity contribution in [1.29, 1.82) is 0 Å². The van der Waals surface area contributed by atoms with Crippen LogP contribution in [0.2, 0.25) is 5.15 Å². The van der Waals surface area contributed by atoms with Gasteiger partial charge >= 0.3 is 6.03 Å². The Bertz CT molecular complexity index is 365. The van der Waals surface area contributed by atoms with Crippen LogP contribution in [0, 0.1) is 0 Å². The molecule has 1 aliphatic rings. The third-order valence-corrected chi connectivity index (χ3v) is 2.63. The van der Waals surface area contributed by atoms with E-state index in [1.54, 1.807) is 18.3 Å². The van der Waals surface area contributed by atoms with Crippen molar-refractivity contribution >= 4 is 23.3 Å². The predicted octanol–water partition coefficient (Wildman–Crippen LogP) is 2.41. The molecule has 1 saturated carbocycles. The van der Waals surface area contributed by atoms with E-state index in [1.807, 2.05) is 0 Å². The molecule has 5 heteroatoms. The molecule has 80 valence electrons. The van der Waals surface area contributed by atoms with E-state index in [4.69, 9.17) is 11.6 Å². The molecule has 0 radical (unpaired) electrons. The lowest BCUT2D eigenvalue weighted by molar-refractivity contribution is 0.240. The average molecular weight is 226 g/mol. The Kier molecular flexibility index (Phi) is 3.06. The van der Waals surface area contributed by atoms with Crippen molar-refractivity contribution < 1.29 is 4.79 Å².